The van der Waals surface area contributed by atoms with Gasteiger partial charge in [-0.15, -0.1) is 0 Å². The molecule has 1 aromatic carbocycles. The summed E-state index contributed by atoms with van der Waals surface area (Å²) in [6.45, 7) is 5.10. The summed E-state index contributed by atoms with van der Waals surface area (Å²) in [6.07, 6.45) is 0. The number of hydrogen-bond acceptors (Lipinski definition) is 4. The monoisotopic (exact) mass is 292 g/mol. The van der Waals surface area contributed by atoms with Crippen LogP contribution < -0.4 is 10.6 Å². The molecule has 106 valence electrons. The lowest BCUT2D eigenvalue weighted by atomic mass is 10.2. The second kappa shape index (κ2) is 6.71. The summed E-state index contributed by atoms with van der Waals surface area (Å²) in [5, 5.41) is 15.3. The van der Waals surface area contributed by atoms with Gasteiger partial charge in [0.1, 0.15) is 6.07 Å². The van der Waals surface area contributed by atoms with Crippen molar-refractivity contribution in [2.45, 2.75) is 13.0 Å². The molecule has 0 spiro atoms. The number of halogens is 1. The van der Waals surface area contributed by atoms with Crippen molar-refractivity contribution >= 4 is 23.2 Å². The van der Waals surface area contributed by atoms with Crippen molar-refractivity contribution in [2.24, 2.45) is 0 Å². The summed E-state index contributed by atoms with van der Waals surface area (Å²) in [4.78, 5) is 14.1. The van der Waals surface area contributed by atoms with Crippen LogP contribution >= 0.6 is 11.6 Å². The lowest BCUT2D eigenvalue weighted by Gasteiger charge is -2.31. The van der Waals surface area contributed by atoms with E-state index in [1.807, 2.05) is 6.07 Å². The van der Waals surface area contributed by atoms with Crippen molar-refractivity contribution in [1.29, 1.82) is 5.26 Å². The Morgan fingerprint density at radius 1 is 1.65 bits per heavy atom. The van der Waals surface area contributed by atoms with E-state index in [0.717, 1.165) is 19.6 Å². The summed E-state index contributed by atoms with van der Waals surface area (Å²) in [5.41, 5.74) is 1.02. The van der Waals surface area contributed by atoms with Gasteiger partial charge in [0.05, 0.1) is 17.1 Å². The van der Waals surface area contributed by atoms with Crippen LogP contribution in [0.2, 0.25) is 5.02 Å². The highest BCUT2D eigenvalue weighted by Gasteiger charge is 2.18. The quantitative estimate of drug-likeness (QED) is 0.885. The Kier molecular flexibility index (Phi) is 4.96. The van der Waals surface area contributed by atoms with E-state index in [1.54, 1.807) is 18.2 Å². The minimum atomic E-state index is -0.0696. The molecule has 0 aromatic heterocycles. The highest BCUT2D eigenvalue weighted by atomic mass is 35.5. The van der Waals surface area contributed by atoms with Gasteiger partial charge in [-0.1, -0.05) is 11.6 Å². The first-order chi connectivity index (χ1) is 9.58. The standard InChI is InChI=1S/C14H17ClN4O/c1-10-8-19(5-4-17-10)9-14(20)18-12-3-2-11(7-16)13(15)6-12/h2-3,6,10,17H,4-5,8-9H2,1H3,(H,18,20)/t10-/m0/s1. The molecule has 1 aliphatic heterocycles. The zero-order chi connectivity index (χ0) is 14.5. The normalized spacial score (nSPS) is 19.4. The van der Waals surface area contributed by atoms with Gasteiger partial charge in [-0.2, -0.15) is 5.26 Å². The van der Waals surface area contributed by atoms with Crippen molar-refractivity contribution in [2.75, 3.05) is 31.5 Å². The van der Waals surface area contributed by atoms with E-state index in [-0.39, 0.29) is 5.91 Å². The van der Waals surface area contributed by atoms with E-state index in [2.05, 4.69) is 22.5 Å². The van der Waals surface area contributed by atoms with Crippen molar-refractivity contribution in [1.82, 2.24) is 10.2 Å². The molecule has 0 bridgehead atoms. The lowest BCUT2D eigenvalue weighted by Crippen LogP contribution is -2.51. The number of carbonyl (C=O) groups excluding carboxylic acids is 1. The Bertz CT molecular complexity index is 540. The number of nitrogens with one attached hydrogen (secondary N) is 2. The highest BCUT2D eigenvalue weighted by molar-refractivity contribution is 6.32. The number of nitriles is 1. The molecule has 0 radical (unpaired) electrons. The van der Waals surface area contributed by atoms with Gasteiger partial charge in [-0.05, 0) is 25.1 Å². The predicted octanol–water partition coefficient (Wildman–Crippen LogP) is 1.44. The maximum absolute atomic E-state index is 12.0. The predicted molar refractivity (Wildman–Crippen MR) is 78.7 cm³/mol. The average Bonchev–Trinajstić information content (AvgIpc) is 2.38. The molecule has 1 amide bonds. The molecule has 1 saturated heterocycles. The Hall–Kier alpha value is -1.61. The molecule has 0 aliphatic carbocycles. The van der Waals surface area contributed by atoms with E-state index < -0.39 is 0 Å². The number of carbonyl (C=O) groups is 1. The molecule has 0 unspecified atom stereocenters. The average molecular weight is 293 g/mol. The fraction of sp³-hybridized carbons (Fsp3) is 0.429. The third-order valence-corrected chi connectivity index (χ3v) is 3.51. The number of amides is 1. The van der Waals surface area contributed by atoms with Crippen LogP contribution in [-0.4, -0.2) is 43.0 Å². The fourth-order valence-corrected chi connectivity index (χ4v) is 2.47. The van der Waals surface area contributed by atoms with Gasteiger partial charge in [-0.3, -0.25) is 9.69 Å². The molecule has 1 aromatic rings. The molecule has 1 atom stereocenters. The van der Waals surface area contributed by atoms with E-state index in [4.69, 9.17) is 16.9 Å². The zero-order valence-corrected chi connectivity index (χ0v) is 12.1. The second-order valence-corrected chi connectivity index (χ2v) is 5.35. The van der Waals surface area contributed by atoms with Gasteiger partial charge in [-0.25, -0.2) is 0 Å². The van der Waals surface area contributed by atoms with Crippen LogP contribution in [0.1, 0.15) is 12.5 Å². The molecule has 0 saturated carbocycles. The highest BCUT2D eigenvalue weighted by Crippen LogP contribution is 2.20. The van der Waals surface area contributed by atoms with Gasteiger partial charge >= 0.3 is 0 Å². The molecule has 20 heavy (non-hydrogen) atoms. The number of hydrogen-bond donors (Lipinski definition) is 2. The van der Waals surface area contributed by atoms with Gasteiger partial charge < -0.3 is 10.6 Å². The first-order valence-electron chi connectivity index (χ1n) is 6.53. The molecule has 2 rings (SSSR count). The van der Waals surface area contributed by atoms with Crippen LogP contribution in [0.4, 0.5) is 5.69 Å². The van der Waals surface area contributed by atoms with Crippen LogP contribution in [0.5, 0.6) is 0 Å². The van der Waals surface area contributed by atoms with Gasteiger partial charge in [0.15, 0.2) is 0 Å². The first kappa shape index (κ1) is 14.8. The molecule has 1 aliphatic rings. The summed E-state index contributed by atoms with van der Waals surface area (Å²) in [7, 11) is 0. The van der Waals surface area contributed by atoms with E-state index >= 15 is 0 Å². The van der Waals surface area contributed by atoms with Crippen molar-refractivity contribution in [3.63, 3.8) is 0 Å². The smallest absolute Gasteiger partial charge is 0.238 e. The summed E-state index contributed by atoms with van der Waals surface area (Å²) in [6, 6.07) is 7.27. The number of rotatable bonds is 3. The van der Waals surface area contributed by atoms with Crippen molar-refractivity contribution < 1.29 is 4.79 Å². The lowest BCUT2D eigenvalue weighted by molar-refractivity contribution is -0.117. The minimum Gasteiger partial charge on any atom is -0.325 e. The molecule has 6 heteroatoms. The van der Waals surface area contributed by atoms with E-state index in [1.165, 1.54) is 0 Å². The van der Waals surface area contributed by atoms with Crippen LogP contribution in [0.3, 0.4) is 0 Å². The topological polar surface area (TPSA) is 68.2 Å². The van der Waals surface area contributed by atoms with E-state index in [9.17, 15) is 4.79 Å². The van der Waals surface area contributed by atoms with Crippen LogP contribution in [-0.2, 0) is 4.79 Å². The van der Waals surface area contributed by atoms with Crippen molar-refractivity contribution in [3.05, 3.63) is 28.8 Å². The SMILES string of the molecule is C[C@H]1CN(CC(=O)Nc2ccc(C#N)c(Cl)c2)CCN1. The van der Waals surface area contributed by atoms with Gasteiger partial charge in [0.2, 0.25) is 5.91 Å². The van der Waals surface area contributed by atoms with Crippen LogP contribution in [0.25, 0.3) is 0 Å². The minimum absolute atomic E-state index is 0.0696. The van der Waals surface area contributed by atoms with Gasteiger partial charge in [0.25, 0.3) is 0 Å². The third-order valence-electron chi connectivity index (χ3n) is 3.19. The second-order valence-electron chi connectivity index (χ2n) is 4.94. The number of benzene rings is 1. The first-order valence-corrected chi connectivity index (χ1v) is 6.91. The summed E-state index contributed by atoms with van der Waals surface area (Å²) < 4.78 is 0. The number of piperazine rings is 1. The molecule has 5 nitrogen and oxygen atoms in total. The van der Waals surface area contributed by atoms with Crippen molar-refractivity contribution in [3.8, 4) is 6.07 Å². The van der Waals surface area contributed by atoms with Gasteiger partial charge in [0, 0.05) is 31.4 Å². The van der Waals surface area contributed by atoms with Crippen LogP contribution in [0.15, 0.2) is 18.2 Å². The molecular weight excluding hydrogens is 276 g/mol. The largest absolute Gasteiger partial charge is 0.325 e. The maximum Gasteiger partial charge on any atom is 0.238 e. The van der Waals surface area contributed by atoms with E-state index in [0.29, 0.717) is 28.9 Å². The number of nitrogens with zero attached hydrogens (tertiary/aromatic N) is 2. The molecule has 1 fully saturated rings. The van der Waals surface area contributed by atoms with Crippen LogP contribution in [0, 0.1) is 11.3 Å². The Morgan fingerprint density at radius 2 is 2.45 bits per heavy atom. The Morgan fingerprint density at radius 3 is 3.10 bits per heavy atom. The summed E-state index contributed by atoms with van der Waals surface area (Å²) in [5.74, 6) is -0.0696. The Labute approximate surface area is 123 Å². The third kappa shape index (κ3) is 3.94. The molecule has 1 heterocycles. The molecule has 2 N–H and O–H groups in total. The number of anilines is 1. The Balaban J connectivity index is 1.91. The maximum atomic E-state index is 12.0. The summed E-state index contributed by atoms with van der Waals surface area (Å²) >= 11 is 5.93. The fourth-order valence-electron chi connectivity index (χ4n) is 2.24. The zero-order valence-electron chi connectivity index (χ0n) is 11.3. The molecular formula is C14H17ClN4O.